The lowest BCUT2D eigenvalue weighted by atomic mass is 10.0. The minimum Gasteiger partial charge on any atom is -0.481 e. The Morgan fingerprint density at radius 2 is 2.11 bits per heavy atom. The van der Waals surface area contributed by atoms with Crippen molar-refractivity contribution in [3.63, 3.8) is 0 Å². The number of amides is 1. The molecule has 1 aliphatic rings. The van der Waals surface area contributed by atoms with Crippen LogP contribution in [0.5, 0.6) is 0 Å². The lowest BCUT2D eigenvalue weighted by Crippen LogP contribution is -2.40. The molecule has 2 atom stereocenters. The predicted octanol–water partition coefficient (Wildman–Crippen LogP) is 2.12. The minimum absolute atomic E-state index is 0.0314. The molecule has 4 nitrogen and oxygen atoms in total. The van der Waals surface area contributed by atoms with Crippen molar-refractivity contribution >= 4 is 11.9 Å². The van der Waals surface area contributed by atoms with E-state index in [-0.39, 0.29) is 5.56 Å². The molecular weight excluding hydrogens is 249 g/mol. The highest BCUT2D eigenvalue weighted by Crippen LogP contribution is 2.26. The van der Waals surface area contributed by atoms with Crippen LogP contribution in [0.4, 0.5) is 4.39 Å². The quantitative estimate of drug-likeness (QED) is 0.879. The van der Waals surface area contributed by atoms with Crippen molar-refractivity contribution in [2.45, 2.75) is 32.2 Å². The zero-order valence-corrected chi connectivity index (χ0v) is 10.6. The van der Waals surface area contributed by atoms with Crippen molar-refractivity contribution < 1.29 is 19.1 Å². The summed E-state index contributed by atoms with van der Waals surface area (Å²) in [5, 5.41) is 11.7. The predicted molar refractivity (Wildman–Crippen MR) is 67.4 cm³/mol. The van der Waals surface area contributed by atoms with Crippen LogP contribution in [-0.4, -0.2) is 23.0 Å². The van der Waals surface area contributed by atoms with Crippen LogP contribution in [0.3, 0.4) is 0 Å². The summed E-state index contributed by atoms with van der Waals surface area (Å²) in [5.74, 6) is -2.58. The van der Waals surface area contributed by atoms with E-state index in [2.05, 4.69) is 5.32 Å². The molecule has 2 unspecified atom stereocenters. The number of nitrogens with one attached hydrogen (secondary N) is 1. The van der Waals surface area contributed by atoms with Gasteiger partial charge in [-0.1, -0.05) is 18.6 Å². The van der Waals surface area contributed by atoms with E-state index in [0.717, 1.165) is 6.42 Å². The molecule has 2 rings (SSSR count). The number of aliphatic carboxylic acids is 1. The smallest absolute Gasteiger partial charge is 0.308 e. The van der Waals surface area contributed by atoms with Crippen molar-refractivity contribution in [3.05, 3.63) is 35.1 Å². The summed E-state index contributed by atoms with van der Waals surface area (Å²) < 4.78 is 13.8. The second-order valence-corrected chi connectivity index (χ2v) is 4.89. The van der Waals surface area contributed by atoms with Crippen LogP contribution in [0, 0.1) is 18.7 Å². The second kappa shape index (κ2) is 5.38. The first-order valence-electron chi connectivity index (χ1n) is 6.29. The second-order valence-electron chi connectivity index (χ2n) is 4.89. The average molecular weight is 265 g/mol. The van der Waals surface area contributed by atoms with Crippen LogP contribution in [-0.2, 0) is 4.79 Å². The maximum absolute atomic E-state index is 13.8. The molecule has 0 radical (unpaired) electrons. The zero-order chi connectivity index (χ0) is 14.0. The Bertz CT molecular complexity index is 515. The van der Waals surface area contributed by atoms with Crippen LogP contribution in [0.2, 0.25) is 0 Å². The first-order valence-corrected chi connectivity index (χ1v) is 6.29. The molecular formula is C14H16FNO3. The number of carbonyl (C=O) groups is 2. The summed E-state index contributed by atoms with van der Waals surface area (Å²) in [6.07, 6.45) is 1.94. The number of carboxylic acids is 1. The van der Waals surface area contributed by atoms with E-state index < -0.39 is 29.7 Å². The molecule has 19 heavy (non-hydrogen) atoms. The molecule has 1 aromatic rings. The standard InChI is InChI=1S/C14H16FNO3/c1-8-4-2-6-10(12(8)15)13(17)16-11-7-3-5-9(11)14(18)19/h2,4,6,9,11H,3,5,7H2,1H3,(H,16,17)(H,18,19). The van der Waals surface area contributed by atoms with Gasteiger partial charge in [-0.05, 0) is 31.4 Å². The van der Waals surface area contributed by atoms with Crippen molar-refractivity contribution in [1.82, 2.24) is 5.32 Å². The molecule has 1 fully saturated rings. The molecule has 0 aromatic heterocycles. The number of carbonyl (C=O) groups excluding carboxylic acids is 1. The van der Waals surface area contributed by atoms with Gasteiger partial charge in [0.25, 0.3) is 5.91 Å². The third-order valence-electron chi connectivity index (χ3n) is 3.59. The highest BCUT2D eigenvalue weighted by atomic mass is 19.1. The molecule has 1 amide bonds. The molecule has 0 aliphatic heterocycles. The summed E-state index contributed by atoms with van der Waals surface area (Å²) in [5.41, 5.74) is 0.366. The first-order chi connectivity index (χ1) is 9.00. The summed E-state index contributed by atoms with van der Waals surface area (Å²) in [6.45, 7) is 1.59. The van der Waals surface area contributed by atoms with E-state index >= 15 is 0 Å². The molecule has 1 saturated carbocycles. The van der Waals surface area contributed by atoms with E-state index in [1.54, 1.807) is 19.1 Å². The number of benzene rings is 1. The van der Waals surface area contributed by atoms with E-state index in [0.29, 0.717) is 18.4 Å². The van der Waals surface area contributed by atoms with Crippen molar-refractivity contribution in [2.24, 2.45) is 5.92 Å². The van der Waals surface area contributed by atoms with Crippen LogP contribution in [0.25, 0.3) is 0 Å². The average Bonchev–Trinajstić information content (AvgIpc) is 2.80. The lowest BCUT2D eigenvalue weighted by Gasteiger charge is -2.18. The molecule has 1 aliphatic carbocycles. The van der Waals surface area contributed by atoms with E-state index in [1.165, 1.54) is 6.07 Å². The SMILES string of the molecule is Cc1cccc(C(=O)NC2CCCC2C(=O)O)c1F. The number of hydrogen-bond acceptors (Lipinski definition) is 2. The Hall–Kier alpha value is -1.91. The zero-order valence-electron chi connectivity index (χ0n) is 10.6. The number of carboxylic acid groups (broad SMARTS) is 1. The van der Waals surface area contributed by atoms with Crippen LogP contribution < -0.4 is 5.32 Å². The van der Waals surface area contributed by atoms with Crippen molar-refractivity contribution in [2.75, 3.05) is 0 Å². The summed E-state index contributed by atoms with van der Waals surface area (Å²) >= 11 is 0. The highest BCUT2D eigenvalue weighted by molar-refractivity contribution is 5.95. The fourth-order valence-electron chi connectivity index (χ4n) is 2.50. The van der Waals surface area contributed by atoms with Gasteiger partial charge in [-0.3, -0.25) is 9.59 Å². The highest BCUT2D eigenvalue weighted by Gasteiger charge is 2.34. The van der Waals surface area contributed by atoms with Gasteiger partial charge >= 0.3 is 5.97 Å². The van der Waals surface area contributed by atoms with Gasteiger partial charge in [-0.25, -0.2) is 4.39 Å². The molecule has 0 spiro atoms. The lowest BCUT2D eigenvalue weighted by molar-refractivity contribution is -0.142. The maximum Gasteiger partial charge on any atom is 0.308 e. The molecule has 102 valence electrons. The van der Waals surface area contributed by atoms with E-state index in [1.807, 2.05) is 0 Å². The van der Waals surface area contributed by atoms with Gasteiger partial charge in [-0.2, -0.15) is 0 Å². The van der Waals surface area contributed by atoms with Gasteiger partial charge in [0, 0.05) is 6.04 Å². The molecule has 2 N–H and O–H groups in total. The largest absolute Gasteiger partial charge is 0.481 e. The molecule has 5 heteroatoms. The van der Waals surface area contributed by atoms with Crippen LogP contribution in [0.1, 0.15) is 35.2 Å². The Balaban J connectivity index is 2.13. The normalized spacial score (nSPS) is 22.2. The van der Waals surface area contributed by atoms with Gasteiger partial charge in [0.05, 0.1) is 11.5 Å². The topological polar surface area (TPSA) is 66.4 Å². The van der Waals surface area contributed by atoms with E-state index in [4.69, 9.17) is 5.11 Å². The fourth-order valence-corrected chi connectivity index (χ4v) is 2.50. The Kier molecular flexibility index (Phi) is 3.83. The third-order valence-corrected chi connectivity index (χ3v) is 3.59. The number of rotatable bonds is 3. The monoisotopic (exact) mass is 265 g/mol. The van der Waals surface area contributed by atoms with Crippen molar-refractivity contribution in [1.29, 1.82) is 0 Å². The van der Waals surface area contributed by atoms with Crippen LogP contribution >= 0.6 is 0 Å². The Morgan fingerprint density at radius 1 is 1.37 bits per heavy atom. The van der Waals surface area contributed by atoms with Gasteiger partial charge < -0.3 is 10.4 Å². The van der Waals surface area contributed by atoms with Gasteiger partial charge in [0.1, 0.15) is 5.82 Å². The van der Waals surface area contributed by atoms with Gasteiger partial charge in [-0.15, -0.1) is 0 Å². The molecule has 1 aromatic carbocycles. The summed E-state index contributed by atoms with van der Waals surface area (Å²) in [4.78, 5) is 23.0. The maximum atomic E-state index is 13.8. The summed E-state index contributed by atoms with van der Waals surface area (Å²) in [6, 6.07) is 4.19. The van der Waals surface area contributed by atoms with Crippen molar-refractivity contribution in [3.8, 4) is 0 Å². The van der Waals surface area contributed by atoms with E-state index in [9.17, 15) is 14.0 Å². The fraction of sp³-hybridized carbons (Fsp3) is 0.429. The Morgan fingerprint density at radius 3 is 2.79 bits per heavy atom. The number of hydrogen-bond donors (Lipinski definition) is 2. The van der Waals surface area contributed by atoms with Gasteiger partial charge in [0.2, 0.25) is 0 Å². The molecule has 0 bridgehead atoms. The first kappa shape index (κ1) is 13.5. The van der Waals surface area contributed by atoms with Crippen LogP contribution in [0.15, 0.2) is 18.2 Å². The third kappa shape index (κ3) is 2.75. The molecule has 0 saturated heterocycles. The Labute approximate surface area is 110 Å². The number of aryl methyl sites for hydroxylation is 1. The molecule has 0 heterocycles. The van der Waals surface area contributed by atoms with Gasteiger partial charge in [0.15, 0.2) is 0 Å². The number of halogens is 1. The minimum atomic E-state index is -0.910. The summed E-state index contributed by atoms with van der Waals surface area (Å²) in [7, 11) is 0.